The number of carboxylic acid groups (broad SMARTS) is 1. The van der Waals surface area contributed by atoms with Crippen molar-refractivity contribution in [1.82, 2.24) is 4.90 Å². The minimum absolute atomic E-state index is 0.0244. The first kappa shape index (κ1) is 11.0. The Morgan fingerprint density at radius 1 is 1.21 bits per heavy atom. The van der Waals surface area contributed by atoms with E-state index in [0.29, 0.717) is 11.8 Å². The van der Waals surface area contributed by atoms with Crippen LogP contribution >= 0.6 is 0 Å². The quantitative estimate of drug-likeness (QED) is 0.736. The van der Waals surface area contributed by atoms with Gasteiger partial charge in [-0.1, -0.05) is 13.8 Å². The first-order valence-corrected chi connectivity index (χ1v) is 5.00. The smallest absolute Gasteiger partial charge is 0.303 e. The molecule has 4 nitrogen and oxygen atoms in total. The second kappa shape index (κ2) is 4.44. The van der Waals surface area contributed by atoms with E-state index in [1.165, 1.54) is 0 Å². The van der Waals surface area contributed by atoms with E-state index in [4.69, 9.17) is 5.11 Å². The van der Waals surface area contributed by atoms with Gasteiger partial charge >= 0.3 is 5.97 Å². The highest BCUT2D eigenvalue weighted by Gasteiger charge is 2.28. The van der Waals surface area contributed by atoms with Crippen molar-refractivity contribution in [3.8, 4) is 0 Å². The highest BCUT2D eigenvalue weighted by Crippen LogP contribution is 2.22. The lowest BCUT2D eigenvalue weighted by Crippen LogP contribution is -2.29. The molecule has 1 saturated heterocycles. The van der Waals surface area contributed by atoms with E-state index in [1.807, 2.05) is 0 Å². The SMILES string of the molecule is CC1CN(C(=O)CCC(=O)O)CC1C. The van der Waals surface area contributed by atoms with Gasteiger partial charge in [0.05, 0.1) is 6.42 Å². The lowest BCUT2D eigenvalue weighted by Gasteiger charge is -2.14. The highest BCUT2D eigenvalue weighted by atomic mass is 16.4. The molecule has 0 radical (unpaired) electrons. The predicted molar refractivity (Wildman–Crippen MR) is 51.8 cm³/mol. The van der Waals surface area contributed by atoms with Gasteiger partial charge in [0.15, 0.2) is 0 Å². The van der Waals surface area contributed by atoms with Crippen LogP contribution in [0.15, 0.2) is 0 Å². The van der Waals surface area contributed by atoms with Gasteiger partial charge in [-0.15, -0.1) is 0 Å². The van der Waals surface area contributed by atoms with Crippen molar-refractivity contribution in [2.75, 3.05) is 13.1 Å². The summed E-state index contributed by atoms with van der Waals surface area (Å²) in [6.45, 7) is 5.80. The molecule has 1 amide bonds. The fourth-order valence-electron chi connectivity index (χ4n) is 1.71. The molecule has 0 saturated carbocycles. The minimum Gasteiger partial charge on any atom is -0.481 e. The van der Waals surface area contributed by atoms with Crippen molar-refractivity contribution in [2.24, 2.45) is 11.8 Å². The molecule has 1 aliphatic heterocycles. The highest BCUT2D eigenvalue weighted by molar-refractivity contribution is 5.80. The molecule has 2 atom stereocenters. The molecule has 80 valence electrons. The van der Waals surface area contributed by atoms with Crippen LogP contribution in [0.25, 0.3) is 0 Å². The second-order valence-electron chi connectivity index (χ2n) is 4.15. The average Bonchev–Trinajstić information content (AvgIpc) is 2.43. The van der Waals surface area contributed by atoms with Crippen LogP contribution in [0.1, 0.15) is 26.7 Å². The summed E-state index contributed by atoms with van der Waals surface area (Å²) in [5.74, 6) is 0.134. The fraction of sp³-hybridized carbons (Fsp3) is 0.800. The summed E-state index contributed by atoms with van der Waals surface area (Å²) in [7, 11) is 0. The standard InChI is InChI=1S/C10H17NO3/c1-7-5-11(6-8(7)2)9(12)3-4-10(13)14/h7-8H,3-6H2,1-2H3,(H,13,14). The van der Waals surface area contributed by atoms with E-state index in [9.17, 15) is 9.59 Å². The summed E-state index contributed by atoms with van der Waals surface area (Å²) in [6.07, 6.45) is 0.0763. The van der Waals surface area contributed by atoms with Gasteiger partial charge in [-0.25, -0.2) is 0 Å². The summed E-state index contributed by atoms with van der Waals surface area (Å²) in [6, 6.07) is 0. The number of nitrogens with zero attached hydrogens (tertiary/aromatic N) is 1. The Labute approximate surface area is 83.9 Å². The van der Waals surface area contributed by atoms with Crippen LogP contribution < -0.4 is 0 Å². The van der Waals surface area contributed by atoms with Crippen LogP contribution in [0.3, 0.4) is 0 Å². The Morgan fingerprint density at radius 3 is 2.14 bits per heavy atom. The van der Waals surface area contributed by atoms with Crippen molar-refractivity contribution in [3.05, 3.63) is 0 Å². The molecule has 0 aromatic heterocycles. The molecule has 2 unspecified atom stereocenters. The molecule has 1 heterocycles. The zero-order valence-corrected chi connectivity index (χ0v) is 8.69. The van der Waals surface area contributed by atoms with Gasteiger partial charge in [0.25, 0.3) is 0 Å². The number of carbonyl (C=O) groups excluding carboxylic acids is 1. The first-order chi connectivity index (χ1) is 6.50. The van der Waals surface area contributed by atoms with E-state index in [-0.39, 0.29) is 18.7 Å². The summed E-state index contributed by atoms with van der Waals surface area (Å²) in [4.78, 5) is 23.6. The Kier molecular flexibility index (Phi) is 3.49. The molecule has 0 aliphatic carbocycles. The number of hydrogen-bond donors (Lipinski definition) is 1. The molecule has 0 aromatic rings. The third-order valence-corrected chi connectivity index (χ3v) is 2.89. The Morgan fingerprint density at radius 2 is 1.71 bits per heavy atom. The minimum atomic E-state index is -0.904. The second-order valence-corrected chi connectivity index (χ2v) is 4.15. The van der Waals surface area contributed by atoms with E-state index in [2.05, 4.69) is 13.8 Å². The maximum Gasteiger partial charge on any atom is 0.303 e. The monoisotopic (exact) mass is 199 g/mol. The van der Waals surface area contributed by atoms with Crippen LogP contribution in [0.5, 0.6) is 0 Å². The number of hydrogen-bond acceptors (Lipinski definition) is 2. The molecular weight excluding hydrogens is 182 g/mol. The van der Waals surface area contributed by atoms with Gasteiger partial charge in [-0.3, -0.25) is 9.59 Å². The van der Waals surface area contributed by atoms with Crippen LogP contribution in [0.2, 0.25) is 0 Å². The predicted octanol–water partition coefficient (Wildman–Crippen LogP) is 0.966. The third-order valence-electron chi connectivity index (χ3n) is 2.89. The van der Waals surface area contributed by atoms with Crippen LogP contribution in [0.4, 0.5) is 0 Å². The topological polar surface area (TPSA) is 57.6 Å². The van der Waals surface area contributed by atoms with Crippen molar-refractivity contribution < 1.29 is 14.7 Å². The molecule has 1 rings (SSSR count). The van der Waals surface area contributed by atoms with Crippen molar-refractivity contribution in [2.45, 2.75) is 26.7 Å². The molecule has 4 heteroatoms. The van der Waals surface area contributed by atoms with Gasteiger partial charge in [0.1, 0.15) is 0 Å². The fourth-order valence-corrected chi connectivity index (χ4v) is 1.71. The van der Waals surface area contributed by atoms with E-state index < -0.39 is 5.97 Å². The van der Waals surface area contributed by atoms with Crippen LogP contribution in [-0.4, -0.2) is 35.0 Å². The third kappa shape index (κ3) is 2.72. The summed E-state index contributed by atoms with van der Waals surface area (Å²) < 4.78 is 0. The molecule has 0 spiro atoms. The maximum absolute atomic E-state index is 11.5. The van der Waals surface area contributed by atoms with Crippen molar-refractivity contribution >= 4 is 11.9 Å². The number of likely N-dealkylation sites (tertiary alicyclic amines) is 1. The lowest BCUT2D eigenvalue weighted by atomic mass is 10.0. The van der Waals surface area contributed by atoms with Gasteiger partial charge in [-0.05, 0) is 11.8 Å². The molecular formula is C10H17NO3. The van der Waals surface area contributed by atoms with E-state index >= 15 is 0 Å². The number of carbonyl (C=O) groups is 2. The number of amides is 1. The Hall–Kier alpha value is -1.06. The maximum atomic E-state index is 11.5. The molecule has 1 aliphatic rings. The summed E-state index contributed by atoms with van der Waals surface area (Å²) >= 11 is 0. The normalized spacial score (nSPS) is 26.6. The summed E-state index contributed by atoms with van der Waals surface area (Å²) in [5, 5.41) is 8.44. The van der Waals surface area contributed by atoms with Gasteiger partial charge in [0.2, 0.25) is 5.91 Å². The largest absolute Gasteiger partial charge is 0.481 e. The number of aliphatic carboxylic acids is 1. The molecule has 1 N–H and O–H groups in total. The van der Waals surface area contributed by atoms with Gasteiger partial charge < -0.3 is 10.0 Å². The van der Waals surface area contributed by atoms with Crippen molar-refractivity contribution in [1.29, 1.82) is 0 Å². The van der Waals surface area contributed by atoms with Gasteiger partial charge in [0, 0.05) is 19.5 Å². The summed E-state index contributed by atoms with van der Waals surface area (Å²) in [5.41, 5.74) is 0. The van der Waals surface area contributed by atoms with Crippen molar-refractivity contribution in [3.63, 3.8) is 0 Å². The van der Waals surface area contributed by atoms with Crippen LogP contribution in [-0.2, 0) is 9.59 Å². The molecule has 0 bridgehead atoms. The zero-order valence-electron chi connectivity index (χ0n) is 8.69. The average molecular weight is 199 g/mol. The molecule has 0 aromatic carbocycles. The van der Waals surface area contributed by atoms with E-state index in [0.717, 1.165) is 13.1 Å². The van der Waals surface area contributed by atoms with Crippen LogP contribution in [0, 0.1) is 11.8 Å². The molecule has 14 heavy (non-hydrogen) atoms. The Bertz CT molecular complexity index is 230. The number of rotatable bonds is 3. The lowest BCUT2D eigenvalue weighted by molar-refractivity contribution is -0.140. The first-order valence-electron chi connectivity index (χ1n) is 5.00. The Balaban J connectivity index is 2.36. The van der Waals surface area contributed by atoms with E-state index in [1.54, 1.807) is 4.90 Å². The zero-order chi connectivity index (χ0) is 10.7. The van der Waals surface area contributed by atoms with Gasteiger partial charge in [-0.2, -0.15) is 0 Å². The number of carboxylic acids is 1. The molecule has 1 fully saturated rings.